The minimum absolute atomic E-state index is 0. The van der Waals surface area contributed by atoms with E-state index in [2.05, 4.69) is 9.97 Å². The number of rotatable bonds is 7. The average Bonchev–Trinajstić information content (AvgIpc) is 2.77. The molecule has 2 aromatic rings. The summed E-state index contributed by atoms with van der Waals surface area (Å²) in [6.45, 7) is 0.161. The highest BCUT2D eigenvalue weighted by atomic mass is 35.5. The van der Waals surface area contributed by atoms with Crippen LogP contribution in [0.2, 0.25) is 0 Å². The maximum Gasteiger partial charge on any atom is 0.453 e. The van der Waals surface area contributed by atoms with Gasteiger partial charge in [0.2, 0.25) is 5.91 Å². The van der Waals surface area contributed by atoms with E-state index < -0.39 is 45.4 Å². The van der Waals surface area contributed by atoms with Gasteiger partial charge in [0.05, 0.1) is 22.5 Å². The van der Waals surface area contributed by atoms with Crippen molar-refractivity contribution in [1.82, 2.24) is 9.97 Å². The molecule has 1 aliphatic rings. The minimum Gasteiger partial charge on any atom is -0.381 e. The molecule has 34 heavy (non-hydrogen) atoms. The lowest BCUT2D eigenvalue weighted by Gasteiger charge is -2.33. The zero-order valence-corrected chi connectivity index (χ0v) is 19.2. The predicted octanol–water partition coefficient (Wildman–Crippen LogP) is 3.50. The van der Waals surface area contributed by atoms with Crippen LogP contribution in [0, 0.1) is 0 Å². The highest BCUT2D eigenvalue weighted by molar-refractivity contribution is 7.93. The van der Waals surface area contributed by atoms with Gasteiger partial charge in [-0.2, -0.15) is 22.0 Å². The first kappa shape index (κ1) is 27.9. The van der Waals surface area contributed by atoms with Gasteiger partial charge in [0.25, 0.3) is 0 Å². The molecule has 0 bridgehead atoms. The highest BCUT2D eigenvalue weighted by Gasteiger charge is 2.56. The summed E-state index contributed by atoms with van der Waals surface area (Å²) in [7, 11) is -4.12. The van der Waals surface area contributed by atoms with Crippen LogP contribution in [0.1, 0.15) is 25.0 Å². The van der Waals surface area contributed by atoms with Crippen molar-refractivity contribution in [3.63, 3.8) is 0 Å². The molecule has 0 unspecified atom stereocenters. The molecule has 0 aliphatic carbocycles. The number of sulfone groups is 1. The fraction of sp³-hybridized carbons (Fsp3) is 0.450. The van der Waals surface area contributed by atoms with E-state index in [1.807, 2.05) is 0 Å². The zero-order chi connectivity index (χ0) is 24.5. The first-order chi connectivity index (χ1) is 15.3. The lowest BCUT2D eigenvalue weighted by atomic mass is 9.98. The molecule has 1 aromatic heterocycles. The lowest BCUT2D eigenvalue weighted by molar-refractivity contribution is -0.284. The molecule has 0 spiro atoms. The van der Waals surface area contributed by atoms with E-state index in [1.165, 1.54) is 30.5 Å². The van der Waals surface area contributed by atoms with Gasteiger partial charge in [-0.15, -0.1) is 12.4 Å². The molecule has 0 saturated carbocycles. The fourth-order valence-electron chi connectivity index (χ4n) is 3.44. The second-order valence-electron chi connectivity index (χ2n) is 7.59. The van der Waals surface area contributed by atoms with E-state index >= 15 is 0 Å². The van der Waals surface area contributed by atoms with Crippen molar-refractivity contribution in [3.05, 3.63) is 42.4 Å². The Labute approximate surface area is 198 Å². The van der Waals surface area contributed by atoms with Gasteiger partial charge in [-0.25, -0.2) is 8.42 Å². The number of alkyl halides is 5. The standard InChI is InChI=1S/C20H20F5N3O4S.ClH/c21-19(22,20(23,24)25)6-5-14-11-28-16(12-27-14)13-1-3-15(4-2-13)33(30,31)18(17(26)29)7-9-32-10-8-18;/h1-4,11-12H,5-10H2,(H2,26,29);1H. The van der Waals surface area contributed by atoms with Crippen LogP contribution >= 0.6 is 12.4 Å². The minimum atomic E-state index is -5.64. The molecule has 1 fully saturated rings. The third-order valence-electron chi connectivity index (χ3n) is 5.54. The molecule has 14 heteroatoms. The summed E-state index contributed by atoms with van der Waals surface area (Å²) in [5.74, 6) is -5.78. The maximum absolute atomic E-state index is 13.1. The Kier molecular flexibility index (Phi) is 8.26. The molecule has 1 amide bonds. The van der Waals surface area contributed by atoms with Gasteiger partial charge >= 0.3 is 12.1 Å². The molecule has 1 aromatic carbocycles. The predicted molar refractivity (Wildman–Crippen MR) is 113 cm³/mol. The van der Waals surface area contributed by atoms with Crippen LogP contribution in [0.5, 0.6) is 0 Å². The molecule has 0 atom stereocenters. The van der Waals surface area contributed by atoms with Gasteiger partial charge < -0.3 is 10.5 Å². The van der Waals surface area contributed by atoms with Crippen molar-refractivity contribution in [2.24, 2.45) is 5.73 Å². The van der Waals surface area contributed by atoms with Gasteiger partial charge in [-0.05, 0) is 31.4 Å². The van der Waals surface area contributed by atoms with Gasteiger partial charge in [0.1, 0.15) is 0 Å². The maximum atomic E-state index is 13.1. The molecule has 1 aliphatic heterocycles. The van der Waals surface area contributed by atoms with Crippen LogP contribution in [0.25, 0.3) is 11.3 Å². The quantitative estimate of drug-likeness (QED) is 0.549. The smallest absolute Gasteiger partial charge is 0.381 e. The number of amides is 1. The Morgan fingerprint density at radius 1 is 1.03 bits per heavy atom. The molecule has 1 saturated heterocycles. The monoisotopic (exact) mass is 529 g/mol. The van der Waals surface area contributed by atoms with Crippen molar-refractivity contribution in [2.75, 3.05) is 13.2 Å². The molecule has 188 valence electrons. The van der Waals surface area contributed by atoms with Gasteiger partial charge in [0, 0.05) is 31.4 Å². The molecular weight excluding hydrogens is 509 g/mol. The van der Waals surface area contributed by atoms with Crippen molar-refractivity contribution in [2.45, 2.75) is 47.4 Å². The lowest BCUT2D eigenvalue weighted by Crippen LogP contribution is -2.53. The van der Waals surface area contributed by atoms with Crippen molar-refractivity contribution < 1.29 is 39.9 Å². The summed E-state index contributed by atoms with van der Waals surface area (Å²) in [5.41, 5.74) is 6.06. The normalized spacial score (nSPS) is 16.5. The first-order valence-electron chi connectivity index (χ1n) is 9.78. The Balaban J connectivity index is 0.00000408. The first-order valence-corrected chi connectivity index (χ1v) is 11.3. The molecule has 3 rings (SSSR count). The molecule has 0 radical (unpaired) electrons. The molecule has 2 heterocycles. The Morgan fingerprint density at radius 3 is 2.09 bits per heavy atom. The SMILES string of the molecule is Cl.NC(=O)C1(S(=O)(=O)c2ccc(-c3cnc(CCC(F)(F)C(F)(F)F)cn3)cc2)CCOCC1. The number of nitrogens with zero attached hydrogens (tertiary/aromatic N) is 2. The van der Waals surface area contributed by atoms with E-state index in [1.54, 1.807) is 0 Å². The summed E-state index contributed by atoms with van der Waals surface area (Å²) in [4.78, 5) is 19.8. The second kappa shape index (κ2) is 10.1. The van der Waals surface area contributed by atoms with E-state index in [4.69, 9.17) is 10.5 Å². The summed E-state index contributed by atoms with van der Waals surface area (Å²) in [6, 6.07) is 5.40. The van der Waals surface area contributed by atoms with E-state index in [9.17, 15) is 35.2 Å². The highest BCUT2D eigenvalue weighted by Crippen LogP contribution is 2.39. The largest absolute Gasteiger partial charge is 0.453 e. The van der Waals surface area contributed by atoms with Crippen molar-refractivity contribution in [3.8, 4) is 11.3 Å². The number of nitrogens with two attached hydrogens (primary N) is 1. The Bertz CT molecular complexity index is 1100. The topological polar surface area (TPSA) is 112 Å². The molecule has 7 nitrogen and oxygen atoms in total. The van der Waals surface area contributed by atoms with Crippen LogP contribution in [-0.2, 0) is 25.8 Å². The van der Waals surface area contributed by atoms with Crippen LogP contribution < -0.4 is 5.73 Å². The number of carbonyl (C=O) groups is 1. The van der Waals surface area contributed by atoms with E-state index in [0.29, 0.717) is 5.56 Å². The Morgan fingerprint density at radius 2 is 1.62 bits per heavy atom. The van der Waals surface area contributed by atoms with E-state index in [0.717, 1.165) is 6.20 Å². The summed E-state index contributed by atoms with van der Waals surface area (Å²) >= 11 is 0. The number of primary amides is 1. The van der Waals surface area contributed by atoms with Crippen LogP contribution in [0.3, 0.4) is 0 Å². The number of aromatic nitrogens is 2. The molecule has 2 N–H and O–H groups in total. The third-order valence-corrected chi connectivity index (χ3v) is 8.07. The number of ether oxygens (including phenoxy) is 1. The number of carbonyl (C=O) groups excluding carboxylic acids is 1. The summed E-state index contributed by atoms with van der Waals surface area (Å²) in [5, 5.41) is 0. The van der Waals surface area contributed by atoms with Gasteiger partial charge in [-0.1, -0.05) is 12.1 Å². The van der Waals surface area contributed by atoms with Crippen molar-refractivity contribution in [1.29, 1.82) is 0 Å². The Hall–Kier alpha value is -2.38. The average molecular weight is 530 g/mol. The van der Waals surface area contributed by atoms with E-state index in [-0.39, 0.29) is 54.7 Å². The molecular formula is C20H21ClF5N3O4S. The number of halogens is 6. The van der Waals surface area contributed by atoms with Gasteiger partial charge in [-0.3, -0.25) is 14.8 Å². The van der Waals surface area contributed by atoms with Gasteiger partial charge in [0.15, 0.2) is 14.6 Å². The number of aryl methyl sites for hydroxylation is 1. The number of benzene rings is 1. The van der Waals surface area contributed by atoms with Crippen LogP contribution in [0.15, 0.2) is 41.6 Å². The number of hydrogen-bond acceptors (Lipinski definition) is 6. The zero-order valence-electron chi connectivity index (χ0n) is 17.5. The number of hydrogen-bond donors (Lipinski definition) is 1. The third kappa shape index (κ3) is 5.31. The van der Waals surface area contributed by atoms with Crippen molar-refractivity contribution >= 4 is 28.2 Å². The second-order valence-corrected chi connectivity index (χ2v) is 9.85. The van der Waals surface area contributed by atoms with Crippen LogP contribution in [0.4, 0.5) is 22.0 Å². The fourth-order valence-corrected chi connectivity index (χ4v) is 5.35. The summed E-state index contributed by atoms with van der Waals surface area (Å²) in [6.07, 6.45) is -5.58. The summed E-state index contributed by atoms with van der Waals surface area (Å²) < 4.78 is 92.6. The van der Waals surface area contributed by atoms with Crippen LogP contribution in [-0.4, -0.2) is 54.4 Å².